The van der Waals surface area contributed by atoms with E-state index in [2.05, 4.69) is 15.4 Å². The lowest BCUT2D eigenvalue weighted by Crippen LogP contribution is -2.08. The number of nitrogens with zero attached hydrogens (tertiary/aromatic N) is 2. The lowest BCUT2D eigenvalue weighted by atomic mass is 9.96. The Balaban J connectivity index is 2.10. The highest BCUT2D eigenvalue weighted by atomic mass is 32.2. The third kappa shape index (κ3) is 4.02. The van der Waals surface area contributed by atoms with Crippen molar-refractivity contribution in [1.82, 2.24) is 0 Å². The smallest absolute Gasteiger partial charge is 0.221 e. The van der Waals surface area contributed by atoms with E-state index in [1.165, 1.54) is 6.42 Å². The molecule has 1 aliphatic carbocycles. The first kappa shape index (κ1) is 14.9. The Morgan fingerprint density at radius 1 is 1.15 bits per heavy atom. The van der Waals surface area contributed by atoms with Crippen molar-refractivity contribution in [3.63, 3.8) is 0 Å². The molecule has 1 saturated carbocycles. The number of benzene rings is 1. The molecular weight excluding hydrogens is 272 g/mol. The van der Waals surface area contributed by atoms with Crippen molar-refractivity contribution in [1.29, 1.82) is 0 Å². The highest BCUT2D eigenvalue weighted by molar-refractivity contribution is 7.90. The predicted molar refractivity (Wildman–Crippen MR) is 79.7 cm³/mol. The zero-order valence-corrected chi connectivity index (χ0v) is 12.6. The van der Waals surface area contributed by atoms with Crippen molar-refractivity contribution < 1.29 is 8.42 Å². The monoisotopic (exact) mass is 292 g/mol. The van der Waals surface area contributed by atoms with Crippen LogP contribution in [0.5, 0.6) is 0 Å². The van der Waals surface area contributed by atoms with Crippen LogP contribution in [0.25, 0.3) is 0 Å². The van der Waals surface area contributed by atoms with Crippen LogP contribution in [0.3, 0.4) is 0 Å². The molecular formula is C15H20N2O2S. The molecule has 0 saturated heterocycles. The third-order valence-electron chi connectivity index (χ3n) is 3.61. The Labute approximate surface area is 120 Å². The maximum Gasteiger partial charge on any atom is 0.291 e. The summed E-state index contributed by atoms with van der Waals surface area (Å²) >= 11 is 0. The summed E-state index contributed by atoms with van der Waals surface area (Å²) in [5.74, 6) is 0. The summed E-state index contributed by atoms with van der Waals surface area (Å²) in [5.41, 5.74) is 1.10. The maximum absolute atomic E-state index is 12.0. The first-order chi connectivity index (χ1) is 9.62. The molecule has 1 fully saturated rings. The SMILES string of the molecule is CCc1ccc(S(=O)(=O)N=C=NC2CCCCC2)cc1. The van der Waals surface area contributed by atoms with E-state index >= 15 is 0 Å². The summed E-state index contributed by atoms with van der Waals surface area (Å²) in [5, 5.41) is 0. The van der Waals surface area contributed by atoms with Crippen molar-refractivity contribution in [3.05, 3.63) is 29.8 Å². The average molecular weight is 292 g/mol. The van der Waals surface area contributed by atoms with Crippen LogP contribution in [0.1, 0.15) is 44.6 Å². The first-order valence-corrected chi connectivity index (χ1v) is 8.56. The number of hydrogen-bond acceptors (Lipinski definition) is 3. The second-order valence-electron chi connectivity index (χ2n) is 5.08. The molecule has 0 atom stereocenters. The fraction of sp³-hybridized carbons (Fsp3) is 0.533. The number of aryl methyl sites for hydroxylation is 1. The van der Waals surface area contributed by atoms with Gasteiger partial charge in [0.1, 0.15) is 6.01 Å². The normalized spacial score (nSPS) is 16.4. The number of sulfonamides is 1. The van der Waals surface area contributed by atoms with Crippen molar-refractivity contribution >= 4 is 16.0 Å². The van der Waals surface area contributed by atoms with Crippen LogP contribution < -0.4 is 0 Å². The predicted octanol–water partition coefficient (Wildman–Crippen LogP) is 3.44. The first-order valence-electron chi connectivity index (χ1n) is 7.12. The standard InChI is InChI=1S/C15H20N2O2S/c1-2-13-8-10-15(11-9-13)20(18,19)17-12-16-14-6-4-3-5-7-14/h8-11,14H,2-7H2,1H3. The molecule has 0 bridgehead atoms. The minimum Gasteiger partial charge on any atom is -0.221 e. The van der Waals surface area contributed by atoms with E-state index in [1.807, 2.05) is 6.92 Å². The zero-order chi connectivity index (χ0) is 14.4. The molecule has 0 spiro atoms. The van der Waals surface area contributed by atoms with Gasteiger partial charge in [0.25, 0.3) is 10.0 Å². The van der Waals surface area contributed by atoms with Gasteiger partial charge in [-0.05, 0) is 37.0 Å². The van der Waals surface area contributed by atoms with E-state index in [9.17, 15) is 8.42 Å². The van der Waals surface area contributed by atoms with E-state index in [4.69, 9.17) is 0 Å². The third-order valence-corrected chi connectivity index (χ3v) is 4.80. The molecule has 1 aliphatic rings. The fourth-order valence-electron chi connectivity index (χ4n) is 2.32. The van der Waals surface area contributed by atoms with E-state index in [0.717, 1.165) is 37.7 Å². The van der Waals surface area contributed by atoms with Crippen LogP contribution in [0.15, 0.2) is 38.6 Å². The quantitative estimate of drug-likeness (QED) is 0.798. The highest BCUT2D eigenvalue weighted by Crippen LogP contribution is 2.19. The van der Waals surface area contributed by atoms with Crippen molar-refractivity contribution in [3.8, 4) is 0 Å². The van der Waals surface area contributed by atoms with Gasteiger partial charge in [0.15, 0.2) is 0 Å². The maximum atomic E-state index is 12.0. The van der Waals surface area contributed by atoms with Gasteiger partial charge in [0.2, 0.25) is 0 Å². The molecule has 1 aromatic rings. The summed E-state index contributed by atoms with van der Waals surface area (Å²) in [6, 6.07) is 9.35. The van der Waals surface area contributed by atoms with Gasteiger partial charge in [-0.25, -0.2) is 4.99 Å². The molecule has 108 valence electrons. The molecule has 0 amide bonds. The van der Waals surface area contributed by atoms with Gasteiger partial charge >= 0.3 is 0 Å². The van der Waals surface area contributed by atoms with Crippen LogP contribution in [0.4, 0.5) is 0 Å². The van der Waals surface area contributed by atoms with Gasteiger partial charge in [-0.3, -0.25) is 0 Å². The Hall–Kier alpha value is -1.45. The van der Waals surface area contributed by atoms with Crippen LogP contribution in [-0.2, 0) is 16.4 Å². The van der Waals surface area contributed by atoms with Crippen molar-refractivity contribution in [2.75, 3.05) is 0 Å². The second kappa shape index (κ2) is 6.82. The van der Waals surface area contributed by atoms with Crippen molar-refractivity contribution in [2.24, 2.45) is 9.39 Å². The zero-order valence-electron chi connectivity index (χ0n) is 11.7. The minimum absolute atomic E-state index is 0.185. The molecule has 0 N–H and O–H groups in total. The Morgan fingerprint density at radius 3 is 2.40 bits per heavy atom. The number of rotatable bonds is 4. The Bertz CT molecular complexity index is 593. The fourth-order valence-corrected chi connectivity index (χ4v) is 3.06. The summed E-state index contributed by atoms with van der Waals surface area (Å²) in [6.45, 7) is 2.03. The van der Waals surface area contributed by atoms with E-state index in [1.54, 1.807) is 24.3 Å². The molecule has 2 rings (SSSR count). The van der Waals surface area contributed by atoms with E-state index < -0.39 is 10.0 Å². The lowest BCUT2D eigenvalue weighted by molar-refractivity contribution is 0.444. The Morgan fingerprint density at radius 2 is 1.80 bits per heavy atom. The summed E-state index contributed by atoms with van der Waals surface area (Å²) in [6.07, 6.45) is 6.45. The second-order valence-corrected chi connectivity index (χ2v) is 6.69. The minimum atomic E-state index is -3.67. The largest absolute Gasteiger partial charge is 0.291 e. The summed E-state index contributed by atoms with van der Waals surface area (Å²) < 4.78 is 27.5. The molecule has 1 aromatic carbocycles. The van der Waals surface area contributed by atoms with Gasteiger partial charge in [0.05, 0.1) is 10.9 Å². The molecule has 0 radical (unpaired) electrons. The van der Waals surface area contributed by atoms with Crippen LogP contribution >= 0.6 is 0 Å². The lowest BCUT2D eigenvalue weighted by Gasteiger charge is -2.15. The molecule has 0 aromatic heterocycles. The summed E-state index contributed by atoms with van der Waals surface area (Å²) in [7, 11) is -3.67. The number of aliphatic imine (C=N–C) groups is 1. The van der Waals surface area contributed by atoms with Gasteiger partial charge in [-0.1, -0.05) is 42.7 Å². The van der Waals surface area contributed by atoms with Crippen LogP contribution in [-0.4, -0.2) is 20.5 Å². The molecule has 5 heteroatoms. The highest BCUT2D eigenvalue weighted by Gasteiger charge is 2.13. The van der Waals surface area contributed by atoms with Gasteiger partial charge in [-0.15, -0.1) is 0 Å². The molecule has 0 unspecified atom stereocenters. The van der Waals surface area contributed by atoms with Crippen LogP contribution in [0.2, 0.25) is 0 Å². The number of hydrogen-bond donors (Lipinski definition) is 0. The van der Waals surface area contributed by atoms with Gasteiger partial charge < -0.3 is 0 Å². The van der Waals surface area contributed by atoms with Crippen LogP contribution in [0, 0.1) is 0 Å². The molecule has 20 heavy (non-hydrogen) atoms. The van der Waals surface area contributed by atoms with E-state index in [0.29, 0.717) is 0 Å². The molecule has 4 nitrogen and oxygen atoms in total. The van der Waals surface area contributed by atoms with Gasteiger partial charge in [-0.2, -0.15) is 8.42 Å². The van der Waals surface area contributed by atoms with Crippen molar-refractivity contribution in [2.45, 2.75) is 56.4 Å². The molecule has 0 heterocycles. The Kier molecular flexibility index (Phi) is 5.10. The van der Waals surface area contributed by atoms with E-state index in [-0.39, 0.29) is 10.9 Å². The summed E-state index contributed by atoms with van der Waals surface area (Å²) in [4.78, 5) is 4.33. The van der Waals surface area contributed by atoms with Gasteiger partial charge in [0, 0.05) is 0 Å². The topological polar surface area (TPSA) is 58.9 Å². The molecule has 0 aliphatic heterocycles. The average Bonchev–Trinajstić information content (AvgIpc) is 2.48.